The van der Waals surface area contributed by atoms with Crippen LogP contribution in [0.3, 0.4) is 0 Å². The van der Waals surface area contributed by atoms with Gasteiger partial charge in [-0.2, -0.15) is 0 Å². The van der Waals surface area contributed by atoms with E-state index in [1.165, 1.54) is 5.56 Å². The first-order valence-electron chi connectivity index (χ1n) is 4.12. The fraction of sp³-hybridized carbons (Fsp3) is 0.0909. The maximum atomic E-state index is 5.41. The minimum Gasteiger partial charge on any atom is -0.434 e. The van der Waals surface area contributed by atoms with Gasteiger partial charge in [0, 0.05) is 6.07 Å². The molecular formula is C11H10O2. The second kappa shape index (κ2) is 3.35. The Balaban J connectivity index is 2.15. The van der Waals surface area contributed by atoms with E-state index in [0.29, 0.717) is 5.95 Å². The number of aryl methyl sites for hydroxylation is 1. The van der Waals surface area contributed by atoms with Crippen LogP contribution in [0.2, 0.25) is 0 Å². The molecule has 0 N–H and O–H groups in total. The zero-order chi connectivity index (χ0) is 9.10. The quantitative estimate of drug-likeness (QED) is 0.696. The van der Waals surface area contributed by atoms with Crippen LogP contribution in [0.1, 0.15) is 5.56 Å². The number of hydrogen-bond donors (Lipinski definition) is 0. The molecule has 0 bridgehead atoms. The van der Waals surface area contributed by atoms with Crippen molar-refractivity contribution in [2.75, 3.05) is 0 Å². The molecule has 0 atom stereocenters. The fourth-order valence-corrected chi connectivity index (χ4v) is 1.04. The van der Waals surface area contributed by atoms with E-state index in [9.17, 15) is 0 Å². The van der Waals surface area contributed by atoms with Crippen molar-refractivity contribution in [1.29, 1.82) is 0 Å². The maximum Gasteiger partial charge on any atom is 0.289 e. The second-order valence-electron chi connectivity index (χ2n) is 2.85. The predicted molar refractivity (Wildman–Crippen MR) is 50.0 cm³/mol. The van der Waals surface area contributed by atoms with E-state index in [1.807, 2.05) is 31.2 Å². The molecule has 1 aromatic heterocycles. The van der Waals surface area contributed by atoms with Gasteiger partial charge in [-0.15, -0.1) is 0 Å². The number of ether oxygens (including phenoxy) is 1. The Kier molecular flexibility index (Phi) is 2.04. The molecule has 2 aromatic rings. The van der Waals surface area contributed by atoms with Crippen LogP contribution < -0.4 is 4.74 Å². The third-order valence-corrected chi connectivity index (χ3v) is 1.73. The van der Waals surface area contributed by atoms with Gasteiger partial charge in [-0.3, -0.25) is 0 Å². The molecule has 1 heterocycles. The van der Waals surface area contributed by atoms with Gasteiger partial charge in [0.1, 0.15) is 5.75 Å². The number of furan rings is 1. The summed E-state index contributed by atoms with van der Waals surface area (Å²) in [5, 5.41) is 0. The minimum atomic E-state index is 0.517. The lowest BCUT2D eigenvalue weighted by Crippen LogP contribution is -1.80. The summed E-state index contributed by atoms with van der Waals surface area (Å²) in [6.45, 7) is 2.04. The van der Waals surface area contributed by atoms with Crippen LogP contribution >= 0.6 is 0 Å². The van der Waals surface area contributed by atoms with Crippen molar-refractivity contribution in [2.45, 2.75) is 6.92 Å². The fourth-order valence-electron chi connectivity index (χ4n) is 1.04. The zero-order valence-electron chi connectivity index (χ0n) is 7.36. The summed E-state index contributed by atoms with van der Waals surface area (Å²) in [4.78, 5) is 0. The van der Waals surface area contributed by atoms with Gasteiger partial charge in [-0.25, -0.2) is 0 Å². The summed E-state index contributed by atoms with van der Waals surface area (Å²) in [5.74, 6) is 1.31. The Morgan fingerprint density at radius 1 is 1.08 bits per heavy atom. The monoisotopic (exact) mass is 174 g/mol. The van der Waals surface area contributed by atoms with Gasteiger partial charge in [-0.1, -0.05) is 17.7 Å². The summed E-state index contributed by atoms with van der Waals surface area (Å²) in [5.41, 5.74) is 1.21. The lowest BCUT2D eigenvalue weighted by molar-refractivity contribution is 0.346. The molecule has 0 spiro atoms. The van der Waals surface area contributed by atoms with E-state index < -0.39 is 0 Å². The zero-order valence-corrected chi connectivity index (χ0v) is 7.36. The molecule has 0 fully saturated rings. The topological polar surface area (TPSA) is 22.4 Å². The molecule has 0 amide bonds. The normalized spacial score (nSPS) is 9.92. The van der Waals surface area contributed by atoms with Gasteiger partial charge in [0.25, 0.3) is 5.95 Å². The third-order valence-electron chi connectivity index (χ3n) is 1.73. The number of benzene rings is 1. The van der Waals surface area contributed by atoms with Crippen molar-refractivity contribution in [2.24, 2.45) is 0 Å². The van der Waals surface area contributed by atoms with Crippen LogP contribution in [0.5, 0.6) is 11.7 Å². The second-order valence-corrected chi connectivity index (χ2v) is 2.85. The molecule has 0 aliphatic carbocycles. The van der Waals surface area contributed by atoms with Gasteiger partial charge in [0.2, 0.25) is 0 Å². The molecule has 0 aliphatic rings. The van der Waals surface area contributed by atoms with Gasteiger partial charge < -0.3 is 9.15 Å². The Hall–Kier alpha value is -1.70. The molecule has 0 radical (unpaired) electrons. The van der Waals surface area contributed by atoms with E-state index >= 15 is 0 Å². The van der Waals surface area contributed by atoms with E-state index in [-0.39, 0.29) is 0 Å². The lowest BCUT2D eigenvalue weighted by Gasteiger charge is -2.00. The van der Waals surface area contributed by atoms with E-state index in [1.54, 1.807) is 18.4 Å². The minimum absolute atomic E-state index is 0.517. The van der Waals surface area contributed by atoms with Gasteiger partial charge in [0.15, 0.2) is 0 Å². The van der Waals surface area contributed by atoms with Gasteiger partial charge in [-0.05, 0) is 25.1 Å². The summed E-state index contributed by atoms with van der Waals surface area (Å²) in [6, 6.07) is 11.4. The summed E-state index contributed by atoms with van der Waals surface area (Å²) >= 11 is 0. The van der Waals surface area contributed by atoms with Crippen molar-refractivity contribution >= 4 is 0 Å². The first-order valence-corrected chi connectivity index (χ1v) is 4.12. The molecule has 2 nitrogen and oxygen atoms in total. The average Bonchev–Trinajstić information content (AvgIpc) is 2.62. The van der Waals surface area contributed by atoms with Crippen LogP contribution in [-0.2, 0) is 0 Å². The Bertz CT molecular complexity index is 359. The van der Waals surface area contributed by atoms with Crippen molar-refractivity contribution in [3.05, 3.63) is 48.2 Å². The first kappa shape index (κ1) is 7.92. The van der Waals surface area contributed by atoms with E-state index in [2.05, 4.69) is 0 Å². The van der Waals surface area contributed by atoms with E-state index in [0.717, 1.165) is 5.75 Å². The molecule has 66 valence electrons. The summed E-state index contributed by atoms with van der Waals surface area (Å²) in [6.07, 6.45) is 1.59. The predicted octanol–water partition coefficient (Wildman–Crippen LogP) is 3.38. The van der Waals surface area contributed by atoms with Crippen LogP contribution in [0.4, 0.5) is 0 Å². The van der Waals surface area contributed by atoms with Gasteiger partial charge >= 0.3 is 0 Å². The molecule has 13 heavy (non-hydrogen) atoms. The Labute approximate surface area is 76.8 Å². The Morgan fingerprint density at radius 2 is 1.85 bits per heavy atom. The molecule has 2 rings (SSSR count). The summed E-state index contributed by atoms with van der Waals surface area (Å²) < 4.78 is 10.5. The molecule has 0 aliphatic heterocycles. The van der Waals surface area contributed by atoms with Crippen molar-refractivity contribution < 1.29 is 9.15 Å². The standard InChI is InChI=1S/C11H10O2/c1-9-4-6-10(7-5-9)13-11-3-2-8-12-11/h2-8H,1H3. The third kappa shape index (κ3) is 1.90. The van der Waals surface area contributed by atoms with Crippen LogP contribution in [-0.4, -0.2) is 0 Å². The average molecular weight is 174 g/mol. The lowest BCUT2D eigenvalue weighted by atomic mass is 10.2. The van der Waals surface area contributed by atoms with Crippen LogP contribution in [0.25, 0.3) is 0 Å². The highest BCUT2D eigenvalue weighted by Crippen LogP contribution is 2.21. The van der Waals surface area contributed by atoms with Crippen LogP contribution in [0.15, 0.2) is 47.1 Å². The molecule has 1 aromatic carbocycles. The molecular weight excluding hydrogens is 164 g/mol. The smallest absolute Gasteiger partial charge is 0.289 e. The van der Waals surface area contributed by atoms with Crippen molar-refractivity contribution in [1.82, 2.24) is 0 Å². The highest BCUT2D eigenvalue weighted by molar-refractivity contribution is 5.28. The first-order chi connectivity index (χ1) is 6.34. The Morgan fingerprint density at radius 3 is 2.46 bits per heavy atom. The van der Waals surface area contributed by atoms with Crippen LogP contribution in [0, 0.1) is 6.92 Å². The number of hydrogen-bond acceptors (Lipinski definition) is 2. The van der Waals surface area contributed by atoms with Gasteiger partial charge in [0.05, 0.1) is 6.26 Å². The largest absolute Gasteiger partial charge is 0.434 e. The summed E-state index contributed by atoms with van der Waals surface area (Å²) in [7, 11) is 0. The van der Waals surface area contributed by atoms with Crippen molar-refractivity contribution in [3.63, 3.8) is 0 Å². The highest BCUT2D eigenvalue weighted by Gasteiger charge is 1.97. The molecule has 2 heteroatoms. The maximum absolute atomic E-state index is 5.41. The molecule has 0 saturated heterocycles. The molecule has 0 saturated carbocycles. The van der Waals surface area contributed by atoms with E-state index in [4.69, 9.17) is 9.15 Å². The SMILES string of the molecule is Cc1ccc(Oc2ccco2)cc1. The van der Waals surface area contributed by atoms with Crippen molar-refractivity contribution in [3.8, 4) is 11.7 Å². The highest BCUT2D eigenvalue weighted by atomic mass is 16.6. The number of rotatable bonds is 2. The molecule has 0 unspecified atom stereocenters.